The van der Waals surface area contributed by atoms with Gasteiger partial charge in [0.05, 0.1) is 0 Å². The topological polar surface area (TPSA) is 20.2 Å². The van der Waals surface area contributed by atoms with Gasteiger partial charge in [0.15, 0.2) is 0 Å². The highest BCUT2D eigenvalue weighted by Crippen LogP contribution is 2.34. The molecule has 4 heteroatoms. The largest absolute Gasteiger partial charge is 0.508 e. The van der Waals surface area contributed by atoms with E-state index in [4.69, 9.17) is 5.11 Å². The Balaban J connectivity index is 2.71. The maximum absolute atomic E-state index is 12.4. The highest BCUT2D eigenvalue weighted by atomic mass is 32.1. The summed E-state index contributed by atoms with van der Waals surface area (Å²) in [5.74, 6) is 0.0211. The summed E-state index contributed by atoms with van der Waals surface area (Å²) >= 11 is 1.26. The molecule has 0 spiro atoms. The Morgan fingerprint density at radius 1 is 1.31 bits per heavy atom. The van der Waals surface area contributed by atoms with Gasteiger partial charge in [0.25, 0.3) is 6.43 Å². The predicted octanol–water partition coefficient (Wildman–Crippen LogP) is 3.54. The van der Waals surface area contributed by atoms with Crippen LogP contribution in [-0.4, -0.2) is 5.11 Å². The highest BCUT2D eigenvalue weighted by molar-refractivity contribution is 7.17. The monoisotopic (exact) mass is 200 g/mol. The number of phenolic OH excluding ortho intramolecular Hbond substituents is 1. The van der Waals surface area contributed by atoms with Gasteiger partial charge in [-0.15, -0.1) is 11.3 Å². The van der Waals surface area contributed by atoms with Gasteiger partial charge in [-0.3, -0.25) is 0 Å². The van der Waals surface area contributed by atoms with Crippen LogP contribution < -0.4 is 0 Å². The van der Waals surface area contributed by atoms with Crippen molar-refractivity contribution in [3.63, 3.8) is 0 Å². The molecule has 1 N–H and O–H groups in total. The van der Waals surface area contributed by atoms with E-state index in [0.717, 1.165) is 4.70 Å². The summed E-state index contributed by atoms with van der Waals surface area (Å²) in [6.07, 6.45) is -2.48. The molecule has 1 aromatic heterocycles. The zero-order valence-corrected chi connectivity index (χ0v) is 7.31. The zero-order chi connectivity index (χ0) is 9.42. The van der Waals surface area contributed by atoms with Gasteiger partial charge in [-0.25, -0.2) is 8.78 Å². The molecule has 0 atom stereocenters. The molecular formula is C9H6F2OS. The number of rotatable bonds is 1. The molecule has 0 amide bonds. The molecule has 1 heterocycles. The number of halogens is 2. The SMILES string of the molecule is Oc1ccc2scc(C(F)F)c2c1. The van der Waals surface area contributed by atoms with Gasteiger partial charge in [-0.1, -0.05) is 0 Å². The van der Waals surface area contributed by atoms with E-state index in [0.29, 0.717) is 5.39 Å². The van der Waals surface area contributed by atoms with Crippen LogP contribution in [0.1, 0.15) is 12.0 Å². The first-order valence-electron chi connectivity index (χ1n) is 3.67. The summed E-state index contributed by atoms with van der Waals surface area (Å²) in [7, 11) is 0. The summed E-state index contributed by atoms with van der Waals surface area (Å²) < 4.78 is 25.5. The fourth-order valence-corrected chi connectivity index (χ4v) is 2.14. The van der Waals surface area contributed by atoms with Crippen LogP contribution >= 0.6 is 11.3 Å². The van der Waals surface area contributed by atoms with Crippen molar-refractivity contribution in [2.45, 2.75) is 6.43 Å². The lowest BCUT2D eigenvalue weighted by molar-refractivity contribution is 0.153. The number of thiophene rings is 1. The second-order valence-corrected chi connectivity index (χ2v) is 3.58. The molecule has 0 saturated heterocycles. The molecule has 0 radical (unpaired) electrons. The molecule has 68 valence electrons. The lowest BCUT2D eigenvalue weighted by atomic mass is 10.2. The molecule has 1 aromatic carbocycles. The van der Waals surface area contributed by atoms with Crippen LogP contribution in [0.25, 0.3) is 10.1 Å². The summed E-state index contributed by atoms with van der Waals surface area (Å²) in [5.41, 5.74) is -0.00380. The van der Waals surface area contributed by atoms with Gasteiger partial charge in [0.1, 0.15) is 5.75 Å². The molecule has 0 fully saturated rings. The van der Waals surface area contributed by atoms with E-state index in [9.17, 15) is 8.78 Å². The van der Waals surface area contributed by atoms with Crippen LogP contribution in [0.3, 0.4) is 0 Å². The molecule has 0 unspecified atom stereocenters. The van der Waals surface area contributed by atoms with Crippen molar-refractivity contribution in [1.82, 2.24) is 0 Å². The predicted molar refractivity (Wildman–Crippen MR) is 48.4 cm³/mol. The van der Waals surface area contributed by atoms with Crippen molar-refractivity contribution in [2.75, 3.05) is 0 Å². The third-order valence-electron chi connectivity index (χ3n) is 1.82. The Bertz CT molecular complexity index is 436. The second-order valence-electron chi connectivity index (χ2n) is 2.67. The van der Waals surface area contributed by atoms with Gasteiger partial charge in [0, 0.05) is 21.0 Å². The summed E-state index contributed by atoms with van der Waals surface area (Å²) in [5, 5.41) is 11.0. The van der Waals surface area contributed by atoms with Crippen molar-refractivity contribution < 1.29 is 13.9 Å². The number of alkyl halides is 2. The molecule has 13 heavy (non-hydrogen) atoms. The average molecular weight is 200 g/mol. The molecule has 0 aliphatic heterocycles. The quantitative estimate of drug-likeness (QED) is 0.746. The molecule has 0 aliphatic rings. The van der Waals surface area contributed by atoms with Crippen molar-refractivity contribution in [3.05, 3.63) is 29.1 Å². The minimum absolute atomic E-state index is 0.00380. The van der Waals surface area contributed by atoms with Gasteiger partial charge in [-0.2, -0.15) is 0 Å². The van der Waals surface area contributed by atoms with Gasteiger partial charge in [-0.05, 0) is 18.2 Å². The maximum Gasteiger partial charge on any atom is 0.265 e. The van der Waals surface area contributed by atoms with E-state index >= 15 is 0 Å². The summed E-state index contributed by atoms with van der Waals surface area (Å²) in [6, 6.07) is 4.50. The van der Waals surface area contributed by atoms with E-state index < -0.39 is 6.43 Å². The second kappa shape index (κ2) is 2.96. The van der Waals surface area contributed by atoms with E-state index in [1.165, 1.54) is 28.8 Å². The lowest BCUT2D eigenvalue weighted by Gasteiger charge is -1.96. The van der Waals surface area contributed by atoms with E-state index in [2.05, 4.69) is 0 Å². The van der Waals surface area contributed by atoms with Crippen LogP contribution in [-0.2, 0) is 0 Å². The van der Waals surface area contributed by atoms with Gasteiger partial charge in [0.2, 0.25) is 0 Å². The minimum Gasteiger partial charge on any atom is -0.508 e. The fourth-order valence-electron chi connectivity index (χ4n) is 1.21. The van der Waals surface area contributed by atoms with Crippen molar-refractivity contribution >= 4 is 21.4 Å². The molecule has 0 saturated carbocycles. The molecule has 0 bridgehead atoms. The Morgan fingerprint density at radius 2 is 2.08 bits per heavy atom. The van der Waals surface area contributed by atoms with Crippen molar-refractivity contribution in [1.29, 1.82) is 0 Å². The van der Waals surface area contributed by atoms with Gasteiger partial charge < -0.3 is 5.11 Å². The number of hydrogen-bond donors (Lipinski definition) is 1. The number of fused-ring (bicyclic) bond motifs is 1. The Morgan fingerprint density at radius 3 is 2.77 bits per heavy atom. The highest BCUT2D eigenvalue weighted by Gasteiger charge is 2.13. The van der Waals surface area contributed by atoms with Gasteiger partial charge >= 0.3 is 0 Å². The third-order valence-corrected chi connectivity index (χ3v) is 2.80. The van der Waals surface area contributed by atoms with Crippen LogP contribution in [0.5, 0.6) is 5.75 Å². The Labute approximate surface area is 77.2 Å². The Kier molecular flexibility index (Phi) is 1.92. The van der Waals surface area contributed by atoms with E-state index in [-0.39, 0.29) is 11.3 Å². The minimum atomic E-state index is -2.48. The maximum atomic E-state index is 12.4. The summed E-state index contributed by atoms with van der Waals surface area (Å²) in [4.78, 5) is 0. The normalized spacial score (nSPS) is 11.3. The number of phenols is 1. The number of benzene rings is 1. The lowest BCUT2D eigenvalue weighted by Crippen LogP contribution is -1.79. The van der Waals surface area contributed by atoms with Crippen LogP contribution in [0.4, 0.5) is 8.78 Å². The van der Waals surface area contributed by atoms with Crippen LogP contribution in [0.15, 0.2) is 23.6 Å². The molecule has 2 aromatic rings. The summed E-state index contributed by atoms with van der Waals surface area (Å²) in [6.45, 7) is 0. The van der Waals surface area contributed by atoms with Crippen LogP contribution in [0, 0.1) is 0 Å². The first-order chi connectivity index (χ1) is 6.18. The third kappa shape index (κ3) is 1.37. The molecular weight excluding hydrogens is 194 g/mol. The Hall–Kier alpha value is -1.16. The zero-order valence-electron chi connectivity index (χ0n) is 6.50. The first-order valence-corrected chi connectivity index (χ1v) is 4.54. The van der Waals surface area contributed by atoms with Crippen molar-refractivity contribution in [2.24, 2.45) is 0 Å². The molecule has 2 rings (SSSR count). The number of aromatic hydroxyl groups is 1. The van der Waals surface area contributed by atoms with Crippen LogP contribution in [0.2, 0.25) is 0 Å². The first kappa shape index (κ1) is 8.44. The van der Waals surface area contributed by atoms with E-state index in [1.807, 2.05) is 0 Å². The standard InChI is InChI=1S/C9H6F2OS/c10-9(11)7-4-13-8-2-1-5(12)3-6(7)8/h1-4,9,12H. The fraction of sp³-hybridized carbons (Fsp3) is 0.111. The molecule has 1 nitrogen and oxygen atoms in total. The molecule has 0 aliphatic carbocycles. The average Bonchev–Trinajstić information content (AvgIpc) is 2.46. The smallest absolute Gasteiger partial charge is 0.265 e. The van der Waals surface area contributed by atoms with Crippen molar-refractivity contribution in [3.8, 4) is 5.75 Å². The van der Waals surface area contributed by atoms with E-state index in [1.54, 1.807) is 6.07 Å². The number of hydrogen-bond acceptors (Lipinski definition) is 2.